The average molecular weight is 258 g/mol. The molecule has 0 radical (unpaired) electrons. The maximum absolute atomic E-state index is 11.8. The third kappa shape index (κ3) is 3.53. The number of carbonyl (C=O) groups excluding carboxylic acids is 2. The molecule has 1 aromatic carbocycles. The highest BCUT2D eigenvalue weighted by Crippen LogP contribution is 2.32. The first-order chi connectivity index (χ1) is 9.08. The van der Waals surface area contributed by atoms with E-state index in [1.807, 2.05) is 6.92 Å². The topological polar surface area (TPSA) is 43.4 Å². The SMILES string of the molecule is COC(=O)CC1=CC(=O)CC(c2ccc(C)cc2)C1. The number of hydrogen-bond donors (Lipinski definition) is 0. The molecule has 3 heteroatoms. The smallest absolute Gasteiger partial charge is 0.309 e. The number of rotatable bonds is 3. The van der Waals surface area contributed by atoms with Gasteiger partial charge in [-0.25, -0.2) is 0 Å². The Kier molecular flexibility index (Phi) is 4.15. The Morgan fingerprint density at radius 2 is 1.95 bits per heavy atom. The number of aryl methyl sites for hydroxylation is 1. The summed E-state index contributed by atoms with van der Waals surface area (Å²) in [5.74, 6) is -0.0166. The Balaban J connectivity index is 2.13. The molecule has 0 fully saturated rings. The van der Waals surface area contributed by atoms with Crippen molar-refractivity contribution >= 4 is 11.8 Å². The molecule has 1 atom stereocenters. The maximum atomic E-state index is 11.8. The van der Waals surface area contributed by atoms with Crippen molar-refractivity contribution in [2.45, 2.75) is 32.1 Å². The van der Waals surface area contributed by atoms with Crippen LogP contribution in [0.2, 0.25) is 0 Å². The first-order valence-electron chi connectivity index (χ1n) is 6.44. The van der Waals surface area contributed by atoms with Crippen molar-refractivity contribution in [3.63, 3.8) is 0 Å². The minimum Gasteiger partial charge on any atom is -0.469 e. The van der Waals surface area contributed by atoms with E-state index in [-0.39, 0.29) is 24.1 Å². The predicted molar refractivity (Wildman–Crippen MR) is 72.9 cm³/mol. The van der Waals surface area contributed by atoms with Gasteiger partial charge in [0, 0.05) is 6.42 Å². The van der Waals surface area contributed by atoms with E-state index in [0.29, 0.717) is 6.42 Å². The highest BCUT2D eigenvalue weighted by molar-refractivity contribution is 5.93. The molecule has 1 aromatic rings. The van der Waals surface area contributed by atoms with Crippen molar-refractivity contribution in [3.05, 3.63) is 47.0 Å². The maximum Gasteiger partial charge on any atom is 0.309 e. The lowest BCUT2D eigenvalue weighted by molar-refractivity contribution is -0.139. The molecular weight excluding hydrogens is 240 g/mol. The summed E-state index contributed by atoms with van der Waals surface area (Å²) in [7, 11) is 1.37. The Bertz CT molecular complexity index is 511. The summed E-state index contributed by atoms with van der Waals surface area (Å²) in [6, 6.07) is 8.24. The van der Waals surface area contributed by atoms with Gasteiger partial charge >= 0.3 is 5.97 Å². The molecule has 0 heterocycles. The van der Waals surface area contributed by atoms with Gasteiger partial charge in [0.25, 0.3) is 0 Å². The molecule has 2 rings (SSSR count). The summed E-state index contributed by atoms with van der Waals surface area (Å²) in [5.41, 5.74) is 3.24. The van der Waals surface area contributed by atoms with Crippen molar-refractivity contribution in [2.75, 3.05) is 7.11 Å². The lowest BCUT2D eigenvalue weighted by atomic mass is 9.82. The standard InChI is InChI=1S/C16H18O3/c1-11-3-5-13(6-4-11)14-7-12(8-15(17)10-14)9-16(18)19-2/h3-6,8,14H,7,9-10H2,1-2H3. The van der Waals surface area contributed by atoms with Gasteiger partial charge in [-0.2, -0.15) is 0 Å². The summed E-state index contributed by atoms with van der Waals surface area (Å²) in [6.07, 6.45) is 3.09. The van der Waals surface area contributed by atoms with Crippen molar-refractivity contribution in [1.82, 2.24) is 0 Å². The fraction of sp³-hybridized carbons (Fsp3) is 0.375. The van der Waals surface area contributed by atoms with Gasteiger partial charge in [0.1, 0.15) is 0 Å². The highest BCUT2D eigenvalue weighted by Gasteiger charge is 2.23. The molecule has 19 heavy (non-hydrogen) atoms. The number of hydrogen-bond acceptors (Lipinski definition) is 3. The Morgan fingerprint density at radius 3 is 2.58 bits per heavy atom. The van der Waals surface area contributed by atoms with Crippen LogP contribution in [0.4, 0.5) is 0 Å². The van der Waals surface area contributed by atoms with Crippen LogP contribution in [0, 0.1) is 6.92 Å². The van der Waals surface area contributed by atoms with E-state index >= 15 is 0 Å². The molecule has 3 nitrogen and oxygen atoms in total. The zero-order valence-corrected chi connectivity index (χ0v) is 11.3. The molecule has 0 bridgehead atoms. The lowest BCUT2D eigenvalue weighted by Crippen LogP contribution is -2.15. The minimum absolute atomic E-state index is 0.0933. The monoisotopic (exact) mass is 258 g/mol. The largest absolute Gasteiger partial charge is 0.469 e. The summed E-state index contributed by atoms with van der Waals surface area (Å²) < 4.78 is 4.65. The summed E-state index contributed by atoms with van der Waals surface area (Å²) in [6.45, 7) is 2.04. The third-order valence-corrected chi connectivity index (χ3v) is 3.47. The minimum atomic E-state index is -0.288. The highest BCUT2D eigenvalue weighted by atomic mass is 16.5. The Labute approximate surface area is 113 Å². The van der Waals surface area contributed by atoms with Gasteiger partial charge in [0.05, 0.1) is 13.5 Å². The number of benzene rings is 1. The van der Waals surface area contributed by atoms with Crippen LogP contribution in [0.15, 0.2) is 35.9 Å². The van der Waals surface area contributed by atoms with Crippen LogP contribution in [0.25, 0.3) is 0 Å². The van der Waals surface area contributed by atoms with Gasteiger partial charge in [-0.3, -0.25) is 9.59 Å². The van der Waals surface area contributed by atoms with Crippen LogP contribution in [0.3, 0.4) is 0 Å². The fourth-order valence-corrected chi connectivity index (χ4v) is 2.43. The van der Waals surface area contributed by atoms with Gasteiger partial charge in [-0.05, 0) is 30.9 Å². The molecule has 0 spiro atoms. The third-order valence-electron chi connectivity index (χ3n) is 3.47. The van der Waals surface area contributed by atoms with Gasteiger partial charge in [-0.15, -0.1) is 0 Å². The van der Waals surface area contributed by atoms with E-state index in [4.69, 9.17) is 0 Å². The van der Waals surface area contributed by atoms with Crippen molar-refractivity contribution in [1.29, 1.82) is 0 Å². The second-order valence-corrected chi connectivity index (χ2v) is 5.04. The number of ether oxygens (including phenoxy) is 1. The van der Waals surface area contributed by atoms with Crippen molar-refractivity contribution in [3.8, 4) is 0 Å². The summed E-state index contributed by atoms with van der Waals surface area (Å²) in [4.78, 5) is 23.1. The van der Waals surface area contributed by atoms with Gasteiger partial charge in [0.2, 0.25) is 0 Å². The first-order valence-corrected chi connectivity index (χ1v) is 6.44. The molecule has 0 saturated heterocycles. The van der Waals surface area contributed by atoms with Crippen molar-refractivity contribution < 1.29 is 14.3 Å². The normalized spacial score (nSPS) is 18.9. The van der Waals surface area contributed by atoms with Crippen LogP contribution in [0.1, 0.15) is 36.3 Å². The first kappa shape index (κ1) is 13.5. The Morgan fingerprint density at radius 1 is 1.26 bits per heavy atom. The van der Waals surface area contributed by atoms with Crippen LogP contribution < -0.4 is 0 Å². The lowest BCUT2D eigenvalue weighted by Gasteiger charge is -2.22. The molecule has 100 valence electrons. The number of esters is 1. The van der Waals surface area contributed by atoms with Gasteiger partial charge < -0.3 is 4.74 Å². The molecule has 0 aromatic heterocycles. The molecule has 1 unspecified atom stereocenters. The van der Waals surface area contributed by atoms with Gasteiger partial charge in [0.15, 0.2) is 5.78 Å². The zero-order valence-electron chi connectivity index (χ0n) is 11.3. The van der Waals surface area contributed by atoms with Crippen LogP contribution in [-0.4, -0.2) is 18.9 Å². The fourth-order valence-electron chi connectivity index (χ4n) is 2.43. The quantitative estimate of drug-likeness (QED) is 0.783. The van der Waals surface area contributed by atoms with E-state index in [2.05, 4.69) is 29.0 Å². The number of allylic oxidation sites excluding steroid dienone is 1. The van der Waals surface area contributed by atoms with E-state index in [1.54, 1.807) is 6.08 Å². The van der Waals surface area contributed by atoms with Crippen molar-refractivity contribution in [2.24, 2.45) is 0 Å². The zero-order chi connectivity index (χ0) is 13.8. The number of carbonyl (C=O) groups is 2. The molecule has 0 N–H and O–H groups in total. The molecule has 0 amide bonds. The second-order valence-electron chi connectivity index (χ2n) is 5.04. The average Bonchev–Trinajstić information content (AvgIpc) is 2.38. The van der Waals surface area contributed by atoms with E-state index in [0.717, 1.165) is 17.6 Å². The molecular formula is C16H18O3. The van der Waals surface area contributed by atoms with Crippen LogP contribution in [-0.2, 0) is 14.3 Å². The second kappa shape index (κ2) is 5.83. The predicted octanol–water partition coefficient (Wildman–Crippen LogP) is 2.93. The van der Waals surface area contributed by atoms with E-state index in [1.165, 1.54) is 12.7 Å². The van der Waals surface area contributed by atoms with Gasteiger partial charge in [-0.1, -0.05) is 35.4 Å². The van der Waals surface area contributed by atoms with Crippen LogP contribution >= 0.6 is 0 Å². The molecule has 1 aliphatic carbocycles. The number of ketones is 1. The molecule has 0 aliphatic heterocycles. The summed E-state index contributed by atoms with van der Waals surface area (Å²) >= 11 is 0. The van der Waals surface area contributed by atoms with E-state index < -0.39 is 0 Å². The Hall–Kier alpha value is -1.90. The summed E-state index contributed by atoms with van der Waals surface area (Å²) in [5, 5.41) is 0. The number of methoxy groups -OCH3 is 1. The molecule has 1 aliphatic rings. The molecule has 0 saturated carbocycles. The van der Waals surface area contributed by atoms with Crippen LogP contribution in [0.5, 0.6) is 0 Å². The van der Waals surface area contributed by atoms with E-state index in [9.17, 15) is 9.59 Å².